The van der Waals surface area contributed by atoms with Crippen molar-refractivity contribution in [1.82, 2.24) is 24.5 Å². The second-order valence-electron chi connectivity index (χ2n) is 8.00. The van der Waals surface area contributed by atoms with Crippen LogP contribution in [0.3, 0.4) is 0 Å². The SMILES string of the molecule is Cc1ccn(CC(=O)N2C[C@@H]3CN(C(C)C)C[C@]3(C(=O)N(C)C)C2)n1. The predicted molar refractivity (Wildman–Crippen MR) is 94.9 cm³/mol. The quantitative estimate of drug-likeness (QED) is 0.793. The molecule has 2 aliphatic rings. The van der Waals surface area contributed by atoms with E-state index in [-0.39, 0.29) is 24.3 Å². The summed E-state index contributed by atoms with van der Waals surface area (Å²) < 4.78 is 1.67. The van der Waals surface area contributed by atoms with Gasteiger partial charge in [-0.25, -0.2) is 0 Å². The van der Waals surface area contributed by atoms with E-state index in [9.17, 15) is 9.59 Å². The fourth-order valence-electron chi connectivity index (χ4n) is 4.23. The molecule has 1 aromatic rings. The van der Waals surface area contributed by atoms with E-state index in [1.165, 1.54) is 0 Å². The van der Waals surface area contributed by atoms with Crippen LogP contribution in [0.1, 0.15) is 19.5 Å². The lowest BCUT2D eigenvalue weighted by molar-refractivity contribution is -0.140. The molecule has 0 aromatic carbocycles. The summed E-state index contributed by atoms with van der Waals surface area (Å²) in [5.74, 6) is 0.388. The average Bonchev–Trinajstić information content (AvgIpc) is 3.18. The molecule has 2 saturated heterocycles. The molecule has 7 nitrogen and oxygen atoms in total. The number of rotatable bonds is 4. The number of fused-ring (bicyclic) bond motifs is 1. The highest BCUT2D eigenvalue weighted by Crippen LogP contribution is 2.44. The number of nitrogens with zero attached hydrogens (tertiary/aromatic N) is 5. The van der Waals surface area contributed by atoms with Gasteiger partial charge in [-0.15, -0.1) is 0 Å². The van der Waals surface area contributed by atoms with Crippen LogP contribution in [0.5, 0.6) is 0 Å². The zero-order valence-electron chi connectivity index (χ0n) is 15.9. The number of amides is 2. The van der Waals surface area contributed by atoms with Crippen molar-refractivity contribution in [2.75, 3.05) is 40.3 Å². The number of carbonyl (C=O) groups excluding carboxylic acids is 2. The van der Waals surface area contributed by atoms with E-state index in [0.717, 1.165) is 18.8 Å². The first kappa shape index (κ1) is 17.9. The van der Waals surface area contributed by atoms with Crippen molar-refractivity contribution >= 4 is 11.8 Å². The maximum atomic E-state index is 13.0. The molecule has 0 saturated carbocycles. The third-order valence-corrected chi connectivity index (χ3v) is 5.62. The van der Waals surface area contributed by atoms with E-state index >= 15 is 0 Å². The van der Waals surface area contributed by atoms with Gasteiger partial charge in [0.25, 0.3) is 0 Å². The highest BCUT2D eigenvalue weighted by atomic mass is 16.2. The third kappa shape index (κ3) is 3.17. The first-order valence-corrected chi connectivity index (χ1v) is 8.96. The van der Waals surface area contributed by atoms with Gasteiger partial charge < -0.3 is 9.80 Å². The van der Waals surface area contributed by atoms with Crippen LogP contribution in [0.2, 0.25) is 0 Å². The minimum absolute atomic E-state index is 0.0412. The number of aromatic nitrogens is 2. The van der Waals surface area contributed by atoms with Gasteiger partial charge in [0.1, 0.15) is 6.54 Å². The maximum Gasteiger partial charge on any atom is 0.244 e. The van der Waals surface area contributed by atoms with E-state index < -0.39 is 5.41 Å². The van der Waals surface area contributed by atoms with Gasteiger partial charge in [0.05, 0.1) is 11.1 Å². The smallest absolute Gasteiger partial charge is 0.244 e. The molecular weight excluding hydrogens is 318 g/mol. The van der Waals surface area contributed by atoms with Gasteiger partial charge in [-0.1, -0.05) is 0 Å². The molecule has 3 heterocycles. The van der Waals surface area contributed by atoms with E-state index in [0.29, 0.717) is 19.1 Å². The van der Waals surface area contributed by atoms with E-state index in [4.69, 9.17) is 0 Å². The minimum Gasteiger partial charge on any atom is -0.348 e. The molecule has 1 aromatic heterocycles. The number of aryl methyl sites for hydroxylation is 1. The molecule has 0 unspecified atom stereocenters. The number of hydrogen-bond acceptors (Lipinski definition) is 4. The van der Waals surface area contributed by atoms with E-state index in [2.05, 4.69) is 23.8 Å². The normalized spacial score (nSPS) is 26.3. The summed E-state index contributed by atoms with van der Waals surface area (Å²) in [4.78, 5) is 31.6. The Hall–Kier alpha value is -1.89. The summed E-state index contributed by atoms with van der Waals surface area (Å²) in [6, 6.07) is 2.30. The Morgan fingerprint density at radius 1 is 1.32 bits per heavy atom. The van der Waals surface area contributed by atoms with Crippen LogP contribution in [-0.4, -0.2) is 82.6 Å². The summed E-state index contributed by atoms with van der Waals surface area (Å²) in [5, 5.41) is 4.30. The van der Waals surface area contributed by atoms with Crippen molar-refractivity contribution in [3.05, 3.63) is 18.0 Å². The molecule has 2 amide bonds. The molecule has 7 heteroatoms. The summed E-state index contributed by atoms with van der Waals surface area (Å²) in [7, 11) is 3.62. The molecule has 2 fully saturated rings. The Labute approximate surface area is 149 Å². The molecule has 2 atom stereocenters. The molecule has 25 heavy (non-hydrogen) atoms. The first-order chi connectivity index (χ1) is 11.7. The fourth-order valence-corrected chi connectivity index (χ4v) is 4.23. The van der Waals surface area contributed by atoms with Crippen molar-refractivity contribution in [3.63, 3.8) is 0 Å². The van der Waals surface area contributed by atoms with Gasteiger partial charge in [-0.2, -0.15) is 5.10 Å². The molecule has 2 aliphatic heterocycles. The van der Waals surface area contributed by atoms with Crippen LogP contribution >= 0.6 is 0 Å². The molecule has 0 radical (unpaired) electrons. The fraction of sp³-hybridized carbons (Fsp3) is 0.722. The van der Waals surface area contributed by atoms with E-state index in [1.807, 2.05) is 38.2 Å². The second kappa shape index (κ2) is 6.44. The van der Waals surface area contributed by atoms with Crippen LogP contribution in [0.4, 0.5) is 0 Å². The lowest BCUT2D eigenvalue weighted by Crippen LogP contribution is -2.48. The van der Waals surface area contributed by atoms with Crippen LogP contribution < -0.4 is 0 Å². The summed E-state index contributed by atoms with van der Waals surface area (Å²) in [6.45, 7) is 9.25. The molecule has 0 bridgehead atoms. The summed E-state index contributed by atoms with van der Waals surface area (Å²) in [5.41, 5.74) is 0.432. The largest absolute Gasteiger partial charge is 0.348 e. The Kier molecular flexibility index (Phi) is 4.62. The van der Waals surface area contributed by atoms with Crippen LogP contribution in [0.25, 0.3) is 0 Å². The molecule has 3 rings (SSSR count). The second-order valence-corrected chi connectivity index (χ2v) is 8.00. The molecule has 0 aliphatic carbocycles. The van der Waals surface area contributed by atoms with Crippen molar-refractivity contribution in [2.45, 2.75) is 33.4 Å². The van der Waals surface area contributed by atoms with E-state index in [1.54, 1.807) is 9.58 Å². The first-order valence-electron chi connectivity index (χ1n) is 8.96. The Morgan fingerprint density at radius 2 is 2.04 bits per heavy atom. The van der Waals surface area contributed by atoms with Crippen LogP contribution in [0, 0.1) is 18.3 Å². The van der Waals surface area contributed by atoms with Crippen LogP contribution in [-0.2, 0) is 16.1 Å². The van der Waals surface area contributed by atoms with Crippen molar-refractivity contribution in [1.29, 1.82) is 0 Å². The number of likely N-dealkylation sites (tertiary alicyclic amines) is 2. The number of hydrogen-bond donors (Lipinski definition) is 0. The standard InChI is InChI=1S/C18H29N5O2/c1-13(2)21-8-15-9-22(12-18(15,11-21)17(25)20(4)5)16(24)10-23-7-6-14(3)19-23/h6-7,13,15H,8-12H2,1-5H3/t15-,18-/m0/s1. The third-order valence-electron chi connectivity index (χ3n) is 5.62. The lowest BCUT2D eigenvalue weighted by atomic mass is 9.79. The average molecular weight is 347 g/mol. The highest BCUT2D eigenvalue weighted by molar-refractivity contribution is 5.86. The maximum absolute atomic E-state index is 13.0. The zero-order chi connectivity index (χ0) is 18.4. The van der Waals surface area contributed by atoms with Gasteiger partial charge in [-0.05, 0) is 26.8 Å². The van der Waals surface area contributed by atoms with Crippen molar-refractivity contribution < 1.29 is 9.59 Å². The molecule has 0 N–H and O–H groups in total. The van der Waals surface area contributed by atoms with Crippen LogP contribution in [0.15, 0.2) is 12.3 Å². The number of carbonyl (C=O) groups is 2. The Balaban J connectivity index is 1.77. The Bertz CT molecular complexity index is 668. The summed E-state index contributed by atoms with van der Waals surface area (Å²) >= 11 is 0. The van der Waals surface area contributed by atoms with Crippen molar-refractivity contribution in [3.8, 4) is 0 Å². The van der Waals surface area contributed by atoms with Gasteiger partial charge in [0.2, 0.25) is 11.8 Å². The zero-order valence-corrected chi connectivity index (χ0v) is 15.9. The van der Waals surface area contributed by atoms with Gasteiger partial charge in [0, 0.05) is 58.4 Å². The highest BCUT2D eigenvalue weighted by Gasteiger charge is 2.58. The lowest BCUT2D eigenvalue weighted by Gasteiger charge is -2.31. The minimum atomic E-state index is -0.469. The Morgan fingerprint density at radius 3 is 2.60 bits per heavy atom. The molecule has 0 spiro atoms. The summed E-state index contributed by atoms with van der Waals surface area (Å²) in [6.07, 6.45) is 1.82. The van der Waals surface area contributed by atoms with Gasteiger partial charge in [0.15, 0.2) is 0 Å². The van der Waals surface area contributed by atoms with Gasteiger partial charge in [-0.3, -0.25) is 19.2 Å². The molecule has 138 valence electrons. The molecular formula is C18H29N5O2. The predicted octanol–water partition coefficient (Wildman–Crippen LogP) is 0.449. The monoisotopic (exact) mass is 347 g/mol. The topological polar surface area (TPSA) is 61.7 Å². The van der Waals surface area contributed by atoms with Gasteiger partial charge >= 0.3 is 0 Å². The van der Waals surface area contributed by atoms with Crippen molar-refractivity contribution in [2.24, 2.45) is 11.3 Å².